The molecular formula is C20H34O5. The summed E-state index contributed by atoms with van der Waals surface area (Å²) in [4.78, 5) is 0. The first-order chi connectivity index (χ1) is 11.9. The van der Waals surface area contributed by atoms with Gasteiger partial charge in [0.15, 0.2) is 0 Å². The van der Waals surface area contributed by atoms with Crippen LogP contribution in [0.3, 0.4) is 0 Å². The standard InChI is InChI=1S/C20H34O5/c1-14-10-18(25)20(13-24)16(12-23)4-3-5-17(20)19(14,2)8-6-15(11-22)7-9-21/h4,7,14,17-18,21-25H,3,5-6,8-13H2,1-2H3. The SMILES string of the molecule is CC1CC(O)C2(CO)C(CO)=CCCC2C1(C)CCC(=CCO)CO. The molecule has 5 atom stereocenters. The van der Waals surface area contributed by atoms with Crippen molar-refractivity contribution in [3.05, 3.63) is 23.3 Å². The van der Waals surface area contributed by atoms with Crippen LogP contribution in [-0.4, -0.2) is 58.1 Å². The zero-order valence-electron chi connectivity index (χ0n) is 15.5. The molecule has 144 valence electrons. The Morgan fingerprint density at radius 3 is 2.56 bits per heavy atom. The zero-order chi connectivity index (χ0) is 18.7. The molecule has 0 aromatic rings. The van der Waals surface area contributed by atoms with Crippen molar-refractivity contribution in [1.82, 2.24) is 0 Å². The van der Waals surface area contributed by atoms with Crippen LogP contribution in [0.25, 0.3) is 0 Å². The van der Waals surface area contributed by atoms with Gasteiger partial charge in [0.25, 0.3) is 0 Å². The molecule has 2 aliphatic rings. The van der Waals surface area contributed by atoms with Crippen LogP contribution in [0.4, 0.5) is 0 Å². The summed E-state index contributed by atoms with van der Waals surface area (Å²) in [5.41, 5.74) is 0.699. The second-order valence-corrected chi connectivity index (χ2v) is 8.08. The van der Waals surface area contributed by atoms with Gasteiger partial charge in [-0.25, -0.2) is 0 Å². The minimum Gasteiger partial charge on any atom is -0.395 e. The number of fused-ring (bicyclic) bond motifs is 1. The minimum absolute atomic E-state index is 0.0642. The molecule has 0 aliphatic heterocycles. The van der Waals surface area contributed by atoms with Crippen molar-refractivity contribution in [2.75, 3.05) is 26.4 Å². The highest BCUT2D eigenvalue weighted by molar-refractivity contribution is 5.27. The summed E-state index contributed by atoms with van der Waals surface area (Å²) in [6.45, 7) is 3.92. The van der Waals surface area contributed by atoms with Crippen LogP contribution in [0.15, 0.2) is 23.3 Å². The Labute approximate surface area is 150 Å². The molecule has 0 amide bonds. The van der Waals surface area contributed by atoms with Gasteiger partial charge in [-0.05, 0) is 60.5 Å². The highest BCUT2D eigenvalue weighted by Gasteiger charge is 2.59. The van der Waals surface area contributed by atoms with Crippen LogP contribution in [-0.2, 0) is 0 Å². The summed E-state index contributed by atoms with van der Waals surface area (Å²) in [5, 5.41) is 49.6. The molecule has 5 N–H and O–H groups in total. The lowest BCUT2D eigenvalue weighted by Crippen LogP contribution is -2.60. The fraction of sp³-hybridized carbons (Fsp3) is 0.800. The van der Waals surface area contributed by atoms with E-state index in [-0.39, 0.29) is 43.7 Å². The topological polar surface area (TPSA) is 101 Å². The quantitative estimate of drug-likeness (QED) is 0.445. The molecule has 5 heteroatoms. The second kappa shape index (κ2) is 8.31. The summed E-state index contributed by atoms with van der Waals surface area (Å²) in [7, 11) is 0. The molecule has 0 spiro atoms. The second-order valence-electron chi connectivity index (χ2n) is 8.08. The summed E-state index contributed by atoms with van der Waals surface area (Å²) < 4.78 is 0. The van der Waals surface area contributed by atoms with Gasteiger partial charge in [0.2, 0.25) is 0 Å². The first-order valence-electron chi connectivity index (χ1n) is 9.39. The van der Waals surface area contributed by atoms with E-state index in [9.17, 15) is 20.4 Å². The van der Waals surface area contributed by atoms with Gasteiger partial charge in [0, 0.05) is 5.41 Å². The smallest absolute Gasteiger partial charge is 0.0662 e. The van der Waals surface area contributed by atoms with E-state index in [4.69, 9.17) is 5.11 Å². The van der Waals surface area contributed by atoms with Crippen molar-refractivity contribution in [3.63, 3.8) is 0 Å². The number of allylic oxidation sites excluding steroid dienone is 1. The third-order valence-corrected chi connectivity index (χ3v) is 7.16. The maximum absolute atomic E-state index is 10.9. The van der Waals surface area contributed by atoms with E-state index in [2.05, 4.69) is 13.8 Å². The van der Waals surface area contributed by atoms with Gasteiger partial charge in [-0.1, -0.05) is 26.0 Å². The van der Waals surface area contributed by atoms with Gasteiger partial charge in [-0.15, -0.1) is 0 Å². The highest BCUT2D eigenvalue weighted by Crippen LogP contribution is 2.61. The number of hydrogen-bond acceptors (Lipinski definition) is 5. The molecule has 2 aliphatic carbocycles. The first-order valence-corrected chi connectivity index (χ1v) is 9.39. The predicted octanol–water partition coefficient (Wildman–Crippen LogP) is 1.39. The maximum atomic E-state index is 10.9. The predicted molar refractivity (Wildman–Crippen MR) is 96.8 cm³/mol. The molecule has 1 saturated carbocycles. The molecule has 0 saturated heterocycles. The zero-order valence-corrected chi connectivity index (χ0v) is 15.5. The Morgan fingerprint density at radius 1 is 1.28 bits per heavy atom. The molecule has 1 fully saturated rings. The Kier molecular flexibility index (Phi) is 6.85. The molecule has 0 aromatic heterocycles. The third-order valence-electron chi connectivity index (χ3n) is 7.16. The van der Waals surface area contributed by atoms with Gasteiger partial charge < -0.3 is 25.5 Å². The average Bonchev–Trinajstić information content (AvgIpc) is 2.62. The van der Waals surface area contributed by atoms with Gasteiger partial charge >= 0.3 is 0 Å². The Morgan fingerprint density at radius 2 is 2.00 bits per heavy atom. The lowest BCUT2D eigenvalue weighted by atomic mass is 9.45. The Bertz CT molecular complexity index is 514. The Balaban J connectivity index is 2.37. The van der Waals surface area contributed by atoms with Crippen LogP contribution in [0, 0.1) is 22.7 Å². The van der Waals surface area contributed by atoms with Crippen molar-refractivity contribution in [1.29, 1.82) is 0 Å². The van der Waals surface area contributed by atoms with E-state index in [0.29, 0.717) is 12.8 Å². The lowest BCUT2D eigenvalue weighted by Gasteiger charge is -2.60. The number of aliphatic hydroxyl groups excluding tert-OH is 5. The molecule has 0 heterocycles. The molecule has 0 aromatic carbocycles. The first kappa shape index (κ1) is 20.6. The van der Waals surface area contributed by atoms with Crippen LogP contribution in [0.1, 0.15) is 46.0 Å². The molecule has 5 unspecified atom stereocenters. The highest BCUT2D eigenvalue weighted by atomic mass is 16.3. The Hall–Kier alpha value is -0.720. The van der Waals surface area contributed by atoms with Crippen molar-refractivity contribution in [2.24, 2.45) is 22.7 Å². The summed E-state index contributed by atoms with van der Waals surface area (Å²) in [6.07, 6.45) is 6.79. The minimum atomic E-state index is -0.770. The summed E-state index contributed by atoms with van der Waals surface area (Å²) >= 11 is 0. The molecule has 2 rings (SSSR count). The van der Waals surface area contributed by atoms with Crippen molar-refractivity contribution in [2.45, 2.75) is 52.1 Å². The van der Waals surface area contributed by atoms with Gasteiger partial charge in [0.1, 0.15) is 0 Å². The summed E-state index contributed by atoms with van der Waals surface area (Å²) in [5.74, 6) is 0.337. The lowest BCUT2D eigenvalue weighted by molar-refractivity contribution is -0.153. The molecule has 25 heavy (non-hydrogen) atoms. The van der Waals surface area contributed by atoms with E-state index >= 15 is 0 Å². The van der Waals surface area contributed by atoms with Gasteiger partial charge in [-0.2, -0.15) is 0 Å². The van der Waals surface area contributed by atoms with Crippen LogP contribution in [0.5, 0.6) is 0 Å². The van der Waals surface area contributed by atoms with Gasteiger partial charge in [-0.3, -0.25) is 0 Å². The van der Waals surface area contributed by atoms with Crippen LogP contribution >= 0.6 is 0 Å². The van der Waals surface area contributed by atoms with E-state index in [1.807, 2.05) is 6.08 Å². The third kappa shape index (κ3) is 3.45. The van der Waals surface area contributed by atoms with E-state index in [0.717, 1.165) is 30.4 Å². The fourth-order valence-electron chi connectivity index (χ4n) is 5.37. The monoisotopic (exact) mass is 354 g/mol. The average molecular weight is 354 g/mol. The van der Waals surface area contributed by atoms with E-state index in [1.165, 1.54) is 0 Å². The molecule has 0 radical (unpaired) electrons. The van der Waals surface area contributed by atoms with Crippen molar-refractivity contribution < 1.29 is 25.5 Å². The van der Waals surface area contributed by atoms with Crippen LogP contribution < -0.4 is 0 Å². The van der Waals surface area contributed by atoms with Crippen molar-refractivity contribution >= 4 is 0 Å². The number of hydrogen-bond donors (Lipinski definition) is 5. The normalized spacial score (nSPS) is 39.1. The van der Waals surface area contributed by atoms with E-state index < -0.39 is 11.5 Å². The van der Waals surface area contributed by atoms with Crippen LogP contribution in [0.2, 0.25) is 0 Å². The largest absolute Gasteiger partial charge is 0.395 e. The van der Waals surface area contributed by atoms with Gasteiger partial charge in [0.05, 0.1) is 32.5 Å². The molecule has 0 bridgehead atoms. The summed E-state index contributed by atoms with van der Waals surface area (Å²) in [6, 6.07) is 0. The van der Waals surface area contributed by atoms with Crippen molar-refractivity contribution in [3.8, 4) is 0 Å². The molecule has 5 nitrogen and oxygen atoms in total. The number of rotatable bonds is 7. The number of aliphatic hydroxyl groups is 5. The van der Waals surface area contributed by atoms with E-state index in [1.54, 1.807) is 6.08 Å². The fourth-order valence-corrected chi connectivity index (χ4v) is 5.37. The molecular weight excluding hydrogens is 320 g/mol. The maximum Gasteiger partial charge on any atom is 0.0662 e.